The Labute approximate surface area is 135 Å². The summed E-state index contributed by atoms with van der Waals surface area (Å²) in [6.45, 7) is 1.23. The Balaban J connectivity index is 1.58. The molecule has 1 aromatic carbocycles. The van der Waals surface area contributed by atoms with Gasteiger partial charge in [-0.3, -0.25) is 4.79 Å². The Morgan fingerprint density at radius 1 is 1.35 bits per heavy atom. The van der Waals surface area contributed by atoms with Gasteiger partial charge in [-0.1, -0.05) is 12.1 Å². The second kappa shape index (κ2) is 6.64. The van der Waals surface area contributed by atoms with Crippen molar-refractivity contribution in [3.05, 3.63) is 47.3 Å². The number of hydrogen-bond donors (Lipinski definition) is 1. The Morgan fingerprint density at radius 3 is 2.87 bits per heavy atom. The second-order valence-corrected chi connectivity index (χ2v) is 5.61. The van der Waals surface area contributed by atoms with E-state index in [9.17, 15) is 4.79 Å². The van der Waals surface area contributed by atoms with Crippen molar-refractivity contribution >= 4 is 11.9 Å². The van der Waals surface area contributed by atoms with Crippen LogP contribution in [-0.4, -0.2) is 34.4 Å². The van der Waals surface area contributed by atoms with Crippen molar-refractivity contribution in [1.29, 1.82) is 0 Å². The molecule has 0 spiro atoms. The predicted molar refractivity (Wildman–Crippen MR) is 86.9 cm³/mol. The number of aromatic nitrogens is 2. The fourth-order valence-electron chi connectivity index (χ4n) is 2.73. The van der Waals surface area contributed by atoms with E-state index in [-0.39, 0.29) is 11.9 Å². The zero-order chi connectivity index (χ0) is 16.2. The molecule has 0 unspecified atom stereocenters. The van der Waals surface area contributed by atoms with Crippen molar-refractivity contribution < 1.29 is 9.53 Å². The standard InChI is InChI=1S/C17H20N4O2/c1-23-14-5-2-12(3-6-14)4-7-16(22)21-9-8-13-10-19-17(18)20-15(13)11-21/h2-3,5-6,10H,4,7-9,11H2,1H3,(H2,18,19,20). The van der Waals surface area contributed by atoms with E-state index in [1.807, 2.05) is 29.2 Å². The third kappa shape index (κ3) is 3.59. The van der Waals surface area contributed by atoms with Crippen molar-refractivity contribution in [2.75, 3.05) is 19.4 Å². The van der Waals surface area contributed by atoms with Crippen LogP contribution >= 0.6 is 0 Å². The molecule has 1 aliphatic heterocycles. The number of benzene rings is 1. The number of nitrogens with two attached hydrogens (primary N) is 1. The number of carbonyl (C=O) groups excluding carboxylic acids is 1. The smallest absolute Gasteiger partial charge is 0.223 e. The Kier molecular flexibility index (Phi) is 4.41. The highest BCUT2D eigenvalue weighted by atomic mass is 16.5. The lowest BCUT2D eigenvalue weighted by Crippen LogP contribution is -2.36. The van der Waals surface area contributed by atoms with Crippen LogP contribution in [0.1, 0.15) is 23.2 Å². The number of nitrogens with zero attached hydrogens (tertiary/aromatic N) is 3. The summed E-state index contributed by atoms with van der Waals surface area (Å²) in [5.41, 5.74) is 8.70. The van der Waals surface area contributed by atoms with Gasteiger partial charge in [0.1, 0.15) is 5.75 Å². The minimum atomic E-state index is 0.142. The van der Waals surface area contributed by atoms with Gasteiger partial charge >= 0.3 is 0 Å². The number of fused-ring (bicyclic) bond motifs is 1. The molecular formula is C17H20N4O2. The van der Waals surface area contributed by atoms with Crippen LogP contribution in [0.15, 0.2) is 30.5 Å². The molecule has 0 bridgehead atoms. The van der Waals surface area contributed by atoms with Crippen molar-refractivity contribution in [3.8, 4) is 5.75 Å². The molecule has 0 atom stereocenters. The van der Waals surface area contributed by atoms with Crippen LogP contribution in [0.3, 0.4) is 0 Å². The van der Waals surface area contributed by atoms with E-state index in [2.05, 4.69) is 9.97 Å². The Morgan fingerprint density at radius 2 is 2.13 bits per heavy atom. The van der Waals surface area contributed by atoms with Crippen LogP contribution in [-0.2, 0) is 24.2 Å². The van der Waals surface area contributed by atoms with E-state index in [4.69, 9.17) is 10.5 Å². The van der Waals surface area contributed by atoms with Crippen LogP contribution in [0.2, 0.25) is 0 Å². The molecule has 0 saturated heterocycles. The number of amides is 1. The van der Waals surface area contributed by atoms with E-state index >= 15 is 0 Å². The lowest BCUT2D eigenvalue weighted by atomic mass is 10.1. The molecule has 6 heteroatoms. The second-order valence-electron chi connectivity index (χ2n) is 5.61. The fourth-order valence-corrected chi connectivity index (χ4v) is 2.73. The summed E-state index contributed by atoms with van der Waals surface area (Å²) in [7, 11) is 1.64. The first-order valence-corrected chi connectivity index (χ1v) is 7.66. The molecule has 120 valence electrons. The van der Waals surface area contributed by atoms with Crippen LogP contribution < -0.4 is 10.5 Å². The lowest BCUT2D eigenvalue weighted by molar-refractivity contribution is -0.132. The number of rotatable bonds is 4. The average molecular weight is 312 g/mol. The zero-order valence-corrected chi connectivity index (χ0v) is 13.2. The maximum atomic E-state index is 12.4. The molecule has 0 radical (unpaired) electrons. The van der Waals surface area contributed by atoms with Gasteiger partial charge in [0.05, 0.1) is 19.3 Å². The molecule has 0 saturated carbocycles. The summed E-state index contributed by atoms with van der Waals surface area (Å²) in [5, 5.41) is 0. The van der Waals surface area contributed by atoms with Crippen molar-refractivity contribution in [2.45, 2.75) is 25.8 Å². The molecule has 3 rings (SSSR count). The van der Waals surface area contributed by atoms with Crippen LogP contribution in [0.25, 0.3) is 0 Å². The maximum Gasteiger partial charge on any atom is 0.223 e. The summed E-state index contributed by atoms with van der Waals surface area (Å²) >= 11 is 0. The van der Waals surface area contributed by atoms with E-state index < -0.39 is 0 Å². The highest BCUT2D eigenvalue weighted by molar-refractivity contribution is 5.76. The summed E-state index contributed by atoms with van der Waals surface area (Å²) in [6, 6.07) is 7.81. The van der Waals surface area contributed by atoms with Crippen molar-refractivity contribution in [3.63, 3.8) is 0 Å². The number of hydrogen-bond acceptors (Lipinski definition) is 5. The molecule has 1 aromatic heterocycles. The monoisotopic (exact) mass is 312 g/mol. The Hall–Kier alpha value is -2.63. The molecule has 23 heavy (non-hydrogen) atoms. The van der Waals surface area contributed by atoms with Crippen LogP contribution in [0, 0.1) is 0 Å². The number of anilines is 1. The minimum Gasteiger partial charge on any atom is -0.497 e. The molecule has 2 heterocycles. The van der Waals surface area contributed by atoms with Crippen molar-refractivity contribution in [1.82, 2.24) is 14.9 Å². The van der Waals surface area contributed by atoms with Crippen molar-refractivity contribution in [2.24, 2.45) is 0 Å². The van der Waals surface area contributed by atoms with Gasteiger partial charge in [-0.2, -0.15) is 0 Å². The van der Waals surface area contributed by atoms with E-state index in [0.717, 1.165) is 35.4 Å². The molecule has 2 aromatic rings. The lowest BCUT2D eigenvalue weighted by Gasteiger charge is -2.28. The first-order chi connectivity index (χ1) is 11.2. The normalized spacial score (nSPS) is 13.5. The first-order valence-electron chi connectivity index (χ1n) is 7.66. The summed E-state index contributed by atoms with van der Waals surface area (Å²) in [5.74, 6) is 1.23. The van der Waals surface area contributed by atoms with Gasteiger partial charge in [0.15, 0.2) is 0 Å². The quantitative estimate of drug-likeness (QED) is 0.927. The van der Waals surface area contributed by atoms with Crippen LogP contribution in [0.5, 0.6) is 5.75 Å². The largest absolute Gasteiger partial charge is 0.497 e. The van der Waals surface area contributed by atoms with Gasteiger partial charge in [-0.25, -0.2) is 9.97 Å². The van der Waals surface area contributed by atoms with E-state index in [1.54, 1.807) is 13.3 Å². The maximum absolute atomic E-state index is 12.4. The fraction of sp³-hybridized carbons (Fsp3) is 0.353. The Bertz CT molecular complexity index is 700. The number of aryl methyl sites for hydroxylation is 1. The SMILES string of the molecule is COc1ccc(CCC(=O)N2CCc3cnc(N)nc3C2)cc1. The molecule has 1 amide bonds. The molecule has 1 aliphatic rings. The van der Waals surface area contributed by atoms with Gasteiger partial charge < -0.3 is 15.4 Å². The van der Waals surface area contributed by atoms with Gasteiger partial charge in [-0.15, -0.1) is 0 Å². The molecule has 2 N–H and O–H groups in total. The third-order valence-corrected chi connectivity index (χ3v) is 4.10. The van der Waals surface area contributed by atoms with Gasteiger partial charge in [0.2, 0.25) is 11.9 Å². The zero-order valence-electron chi connectivity index (χ0n) is 13.2. The predicted octanol–water partition coefficient (Wildman–Crippen LogP) is 1.58. The summed E-state index contributed by atoms with van der Waals surface area (Å²) in [6.07, 6.45) is 3.75. The number of ether oxygens (including phenoxy) is 1. The van der Waals surface area contributed by atoms with E-state index in [1.165, 1.54) is 0 Å². The first kappa shape index (κ1) is 15.3. The van der Waals surface area contributed by atoms with Gasteiger partial charge in [0, 0.05) is 19.2 Å². The molecule has 0 aliphatic carbocycles. The topological polar surface area (TPSA) is 81.3 Å². The highest BCUT2D eigenvalue weighted by Crippen LogP contribution is 2.18. The average Bonchev–Trinajstić information content (AvgIpc) is 2.59. The van der Waals surface area contributed by atoms with E-state index in [0.29, 0.717) is 19.5 Å². The minimum absolute atomic E-state index is 0.142. The molecule has 6 nitrogen and oxygen atoms in total. The van der Waals surface area contributed by atoms with Gasteiger partial charge in [-0.05, 0) is 36.1 Å². The van der Waals surface area contributed by atoms with Crippen LogP contribution in [0.4, 0.5) is 5.95 Å². The molecular weight excluding hydrogens is 292 g/mol. The number of carbonyl (C=O) groups is 1. The third-order valence-electron chi connectivity index (χ3n) is 4.10. The number of nitrogen functional groups attached to an aromatic ring is 1. The molecule has 0 fully saturated rings. The summed E-state index contributed by atoms with van der Waals surface area (Å²) in [4.78, 5) is 22.5. The summed E-state index contributed by atoms with van der Waals surface area (Å²) < 4.78 is 5.14. The highest BCUT2D eigenvalue weighted by Gasteiger charge is 2.21. The number of methoxy groups -OCH3 is 1. The van der Waals surface area contributed by atoms with Gasteiger partial charge in [0.25, 0.3) is 0 Å².